The van der Waals surface area contributed by atoms with Gasteiger partial charge in [0, 0.05) is 20.9 Å². The maximum absolute atomic E-state index is 5.39. The molecule has 13 aromatic rings. The maximum atomic E-state index is 5.39. The predicted molar refractivity (Wildman–Crippen MR) is 277 cm³/mol. The zero-order chi connectivity index (χ0) is 43.0. The Balaban J connectivity index is 0.862. The third-order valence-corrected chi connectivity index (χ3v) is 15.5. The van der Waals surface area contributed by atoms with Crippen LogP contribution in [-0.4, -0.2) is 9.38 Å². The number of benzene rings is 10. The van der Waals surface area contributed by atoms with Crippen LogP contribution in [0.5, 0.6) is 0 Å². The number of aromatic nitrogens is 2. The molecule has 304 valence electrons. The fourth-order valence-corrected chi connectivity index (χ4v) is 12.2. The van der Waals surface area contributed by atoms with Crippen molar-refractivity contribution in [3.63, 3.8) is 0 Å². The largest absolute Gasteiger partial charge is 0.291 e. The number of thiophene rings is 1. The Kier molecular flexibility index (Phi) is 7.65. The van der Waals surface area contributed by atoms with E-state index < -0.39 is 0 Å². The standard InChI is InChI=1S/C62H40N2S/c1-62(2)54-18-10-9-17-50(54)51-31-45(27-30-55(51)62)37-19-21-38(22-20-37)46-28-29-47(49-16-8-7-15-48(46)49)39-23-25-40(26-24-39)57-36-53-52-32-41-11-3-6-14-44(41)35-59(52)65-60(53)61-63-56-33-42-12-4-5-13-43(42)34-58(56)64(57)61/h3-36H,1-2H3. The van der Waals surface area contributed by atoms with Gasteiger partial charge in [-0.3, -0.25) is 4.40 Å². The highest BCUT2D eigenvalue weighted by Gasteiger charge is 2.35. The number of hydrogen-bond acceptors (Lipinski definition) is 2. The summed E-state index contributed by atoms with van der Waals surface area (Å²) in [4.78, 5) is 5.39. The van der Waals surface area contributed by atoms with Gasteiger partial charge in [-0.1, -0.05) is 184 Å². The van der Waals surface area contributed by atoms with Gasteiger partial charge in [0.25, 0.3) is 0 Å². The normalized spacial score (nSPS) is 13.2. The molecule has 3 heterocycles. The molecule has 0 radical (unpaired) electrons. The number of imidazole rings is 1. The van der Waals surface area contributed by atoms with E-state index in [9.17, 15) is 0 Å². The summed E-state index contributed by atoms with van der Waals surface area (Å²) in [5, 5.41) is 9.96. The summed E-state index contributed by atoms with van der Waals surface area (Å²) in [5.74, 6) is 0. The third kappa shape index (κ3) is 5.43. The van der Waals surface area contributed by atoms with Crippen molar-refractivity contribution < 1.29 is 0 Å². The molecule has 0 amide bonds. The first-order chi connectivity index (χ1) is 31.9. The van der Waals surface area contributed by atoms with Gasteiger partial charge in [-0.15, -0.1) is 11.3 Å². The minimum Gasteiger partial charge on any atom is -0.291 e. The van der Waals surface area contributed by atoms with Crippen LogP contribution in [0.25, 0.3) is 125 Å². The Morgan fingerprint density at radius 3 is 1.66 bits per heavy atom. The van der Waals surface area contributed by atoms with Crippen LogP contribution in [0.4, 0.5) is 0 Å². The Bertz CT molecular complexity index is 4130. The van der Waals surface area contributed by atoms with Crippen LogP contribution in [0.3, 0.4) is 0 Å². The highest BCUT2D eigenvalue weighted by Crippen LogP contribution is 2.50. The molecule has 1 aliphatic rings. The third-order valence-electron chi connectivity index (χ3n) is 14.4. The Labute approximate surface area is 380 Å². The summed E-state index contributed by atoms with van der Waals surface area (Å²) < 4.78 is 4.90. The molecule has 1 aliphatic carbocycles. The molecule has 14 rings (SSSR count). The molecule has 0 unspecified atom stereocenters. The van der Waals surface area contributed by atoms with Crippen molar-refractivity contribution in [1.82, 2.24) is 9.38 Å². The molecule has 10 aromatic carbocycles. The summed E-state index contributed by atoms with van der Waals surface area (Å²) in [6, 6.07) is 76.6. The summed E-state index contributed by atoms with van der Waals surface area (Å²) in [6.45, 7) is 4.68. The molecule has 0 saturated heterocycles. The van der Waals surface area contributed by atoms with Gasteiger partial charge in [-0.25, -0.2) is 4.98 Å². The molecule has 0 aliphatic heterocycles. The highest BCUT2D eigenvalue weighted by atomic mass is 32.1. The smallest absolute Gasteiger partial charge is 0.156 e. The van der Waals surface area contributed by atoms with E-state index in [0.717, 1.165) is 27.9 Å². The van der Waals surface area contributed by atoms with Crippen molar-refractivity contribution in [1.29, 1.82) is 0 Å². The van der Waals surface area contributed by atoms with E-state index in [-0.39, 0.29) is 5.41 Å². The predicted octanol–water partition coefficient (Wildman–Crippen LogP) is 17.3. The number of nitrogens with zero attached hydrogens (tertiary/aromatic N) is 2. The molecule has 3 aromatic heterocycles. The Morgan fingerprint density at radius 2 is 0.954 bits per heavy atom. The lowest BCUT2D eigenvalue weighted by Crippen LogP contribution is -2.14. The monoisotopic (exact) mass is 844 g/mol. The Hall–Kier alpha value is -7.85. The van der Waals surface area contributed by atoms with Gasteiger partial charge in [-0.2, -0.15) is 0 Å². The van der Waals surface area contributed by atoms with Gasteiger partial charge in [0.1, 0.15) is 0 Å². The topological polar surface area (TPSA) is 17.3 Å². The quantitative estimate of drug-likeness (QED) is 0.172. The van der Waals surface area contributed by atoms with Gasteiger partial charge in [-0.05, 0) is 130 Å². The van der Waals surface area contributed by atoms with E-state index in [1.807, 2.05) is 11.3 Å². The fourth-order valence-electron chi connectivity index (χ4n) is 11.0. The van der Waals surface area contributed by atoms with Crippen LogP contribution < -0.4 is 0 Å². The van der Waals surface area contributed by atoms with E-state index in [1.54, 1.807) is 0 Å². The zero-order valence-electron chi connectivity index (χ0n) is 35.9. The van der Waals surface area contributed by atoms with Crippen LogP contribution in [0.15, 0.2) is 206 Å². The second kappa shape index (κ2) is 13.6. The lowest BCUT2D eigenvalue weighted by atomic mass is 9.82. The lowest BCUT2D eigenvalue weighted by molar-refractivity contribution is 0.660. The molecule has 0 spiro atoms. The average Bonchev–Trinajstić information content (AvgIpc) is 3.98. The van der Waals surface area contributed by atoms with E-state index >= 15 is 0 Å². The number of hydrogen-bond donors (Lipinski definition) is 0. The summed E-state index contributed by atoms with van der Waals surface area (Å²) >= 11 is 1.85. The highest BCUT2D eigenvalue weighted by molar-refractivity contribution is 7.26. The molecule has 2 nitrogen and oxygen atoms in total. The van der Waals surface area contributed by atoms with E-state index in [2.05, 4.69) is 225 Å². The van der Waals surface area contributed by atoms with Crippen molar-refractivity contribution in [3.8, 4) is 55.8 Å². The second-order valence-electron chi connectivity index (χ2n) is 18.3. The molecule has 65 heavy (non-hydrogen) atoms. The van der Waals surface area contributed by atoms with Gasteiger partial charge in [0.2, 0.25) is 0 Å². The number of rotatable bonds is 4. The van der Waals surface area contributed by atoms with Gasteiger partial charge in [0.15, 0.2) is 5.65 Å². The first-order valence-corrected chi connectivity index (χ1v) is 23.3. The number of pyridine rings is 1. The SMILES string of the molecule is CC1(C)c2ccccc2-c2cc(-c3ccc(-c4ccc(-c5ccc(-c6cc7c8cc9ccccc9cc8sc7c7nc8cc9ccccc9cc8n67)cc5)c5ccccc45)cc3)ccc21. The first kappa shape index (κ1) is 36.6. The van der Waals surface area contributed by atoms with Gasteiger partial charge in [0.05, 0.1) is 21.4 Å². The van der Waals surface area contributed by atoms with E-state index in [0.29, 0.717) is 0 Å². The van der Waals surface area contributed by atoms with Crippen LogP contribution in [0.2, 0.25) is 0 Å². The van der Waals surface area contributed by atoms with Crippen LogP contribution in [0.1, 0.15) is 25.0 Å². The van der Waals surface area contributed by atoms with Crippen molar-refractivity contribution in [2.45, 2.75) is 19.3 Å². The molecular weight excluding hydrogens is 805 g/mol. The summed E-state index contributed by atoms with van der Waals surface area (Å²) in [7, 11) is 0. The van der Waals surface area contributed by atoms with Crippen LogP contribution >= 0.6 is 11.3 Å². The molecule has 3 heteroatoms. The van der Waals surface area contributed by atoms with Gasteiger partial charge < -0.3 is 0 Å². The summed E-state index contributed by atoms with van der Waals surface area (Å²) in [5.41, 5.74) is 18.3. The summed E-state index contributed by atoms with van der Waals surface area (Å²) in [6.07, 6.45) is 0. The molecule has 0 bridgehead atoms. The van der Waals surface area contributed by atoms with Crippen molar-refractivity contribution in [2.75, 3.05) is 0 Å². The molecule has 0 saturated carbocycles. The molecule has 0 atom stereocenters. The number of fused-ring (bicyclic) bond motifs is 13. The molecule has 0 fully saturated rings. The van der Waals surface area contributed by atoms with Crippen molar-refractivity contribution in [3.05, 3.63) is 217 Å². The van der Waals surface area contributed by atoms with Crippen molar-refractivity contribution in [2.24, 2.45) is 0 Å². The molecular formula is C62H40N2S. The minimum atomic E-state index is 0.00725. The van der Waals surface area contributed by atoms with Crippen LogP contribution in [0, 0.1) is 0 Å². The average molecular weight is 845 g/mol. The van der Waals surface area contributed by atoms with Crippen LogP contribution in [-0.2, 0) is 5.41 Å². The minimum absolute atomic E-state index is 0.00725. The fraction of sp³-hybridized carbons (Fsp3) is 0.0484. The van der Waals surface area contributed by atoms with E-state index in [4.69, 9.17) is 4.98 Å². The Morgan fingerprint density at radius 1 is 0.400 bits per heavy atom. The zero-order valence-corrected chi connectivity index (χ0v) is 36.7. The maximum Gasteiger partial charge on any atom is 0.156 e. The molecule has 0 N–H and O–H groups in total. The van der Waals surface area contributed by atoms with Crippen molar-refractivity contribution >= 4 is 80.5 Å². The van der Waals surface area contributed by atoms with E-state index in [1.165, 1.54) is 108 Å². The first-order valence-electron chi connectivity index (χ1n) is 22.5. The van der Waals surface area contributed by atoms with Gasteiger partial charge >= 0.3 is 0 Å². The second-order valence-corrected chi connectivity index (χ2v) is 19.4. The lowest BCUT2D eigenvalue weighted by Gasteiger charge is -2.21.